The number of hydrogen-bond donors (Lipinski definition) is 0. The van der Waals surface area contributed by atoms with Crippen molar-refractivity contribution in [2.45, 2.75) is 31.3 Å². The molecular formula is C19H24N4O3S. The molecule has 1 aromatic heterocycles. The summed E-state index contributed by atoms with van der Waals surface area (Å²) < 4.78 is 12.7. The van der Waals surface area contributed by atoms with Crippen molar-refractivity contribution in [3.05, 3.63) is 30.1 Å². The third-order valence-electron chi connectivity index (χ3n) is 5.20. The Hall–Kier alpha value is -2.22. The van der Waals surface area contributed by atoms with Crippen molar-refractivity contribution in [3.63, 3.8) is 0 Å². The molecule has 0 N–H and O–H groups in total. The average molecular weight is 388 g/mol. The second-order valence-electron chi connectivity index (χ2n) is 7.61. The predicted octanol–water partition coefficient (Wildman–Crippen LogP) is 2.51. The molecule has 1 unspecified atom stereocenters. The Morgan fingerprint density at radius 3 is 3.00 bits per heavy atom. The van der Waals surface area contributed by atoms with E-state index in [2.05, 4.69) is 29.3 Å². The highest BCUT2D eigenvalue weighted by Gasteiger charge is 2.33. The molecule has 2 aliphatic heterocycles. The van der Waals surface area contributed by atoms with E-state index in [0.717, 1.165) is 49.0 Å². The Balaban J connectivity index is 1.37. The number of rotatable bonds is 5. The third-order valence-corrected chi connectivity index (χ3v) is 6.22. The first-order valence-corrected chi connectivity index (χ1v) is 10.1. The normalized spacial score (nSPS) is 21.5. The summed E-state index contributed by atoms with van der Waals surface area (Å²) in [6.45, 7) is 4.17. The molecule has 1 atom stereocenters. The van der Waals surface area contributed by atoms with Gasteiger partial charge in [0, 0.05) is 20.1 Å². The van der Waals surface area contributed by atoms with Crippen LogP contribution in [0.1, 0.15) is 25.3 Å². The minimum atomic E-state index is 0.0665. The van der Waals surface area contributed by atoms with Gasteiger partial charge in [-0.3, -0.25) is 4.79 Å². The first kappa shape index (κ1) is 18.2. The van der Waals surface area contributed by atoms with Crippen LogP contribution in [0.5, 0.6) is 11.5 Å². The number of aromatic nitrogens is 3. The molecule has 27 heavy (non-hydrogen) atoms. The van der Waals surface area contributed by atoms with E-state index in [1.54, 1.807) is 6.33 Å². The van der Waals surface area contributed by atoms with Crippen molar-refractivity contribution in [1.29, 1.82) is 0 Å². The van der Waals surface area contributed by atoms with Crippen LogP contribution in [0.25, 0.3) is 0 Å². The molecule has 0 saturated carbocycles. The van der Waals surface area contributed by atoms with E-state index in [9.17, 15) is 4.79 Å². The number of amides is 1. The van der Waals surface area contributed by atoms with Gasteiger partial charge in [0.05, 0.1) is 5.75 Å². The van der Waals surface area contributed by atoms with Crippen LogP contribution in [-0.2, 0) is 18.3 Å². The number of thioether (sulfide) groups is 1. The molecular weight excluding hydrogens is 364 g/mol. The highest BCUT2D eigenvalue weighted by molar-refractivity contribution is 7.99. The van der Waals surface area contributed by atoms with Gasteiger partial charge < -0.3 is 18.9 Å². The minimum absolute atomic E-state index is 0.0665. The lowest BCUT2D eigenvalue weighted by atomic mass is 9.77. The fourth-order valence-electron chi connectivity index (χ4n) is 3.84. The first-order valence-electron chi connectivity index (χ1n) is 9.16. The Morgan fingerprint density at radius 2 is 2.19 bits per heavy atom. The molecule has 7 nitrogen and oxygen atoms in total. The van der Waals surface area contributed by atoms with Crippen LogP contribution >= 0.6 is 11.8 Å². The molecule has 1 fully saturated rings. The molecule has 2 aromatic rings. The fourth-order valence-corrected chi connectivity index (χ4v) is 4.63. The molecule has 0 spiro atoms. The SMILES string of the molecule is Cn1cnnc1SCC(=O)N1CCCC(C)(Cc2ccc3c(c2)OCO3)C1. The first-order chi connectivity index (χ1) is 13.0. The number of likely N-dealkylation sites (tertiary alicyclic amines) is 1. The zero-order valence-electron chi connectivity index (χ0n) is 15.7. The third kappa shape index (κ3) is 4.05. The van der Waals surface area contributed by atoms with Crippen molar-refractivity contribution >= 4 is 17.7 Å². The van der Waals surface area contributed by atoms with E-state index in [1.165, 1.54) is 17.3 Å². The van der Waals surface area contributed by atoms with Gasteiger partial charge in [-0.2, -0.15) is 0 Å². The van der Waals surface area contributed by atoms with Crippen LogP contribution in [0.3, 0.4) is 0 Å². The number of benzene rings is 1. The van der Waals surface area contributed by atoms with Crippen LogP contribution in [0, 0.1) is 5.41 Å². The molecule has 1 aromatic carbocycles. The summed E-state index contributed by atoms with van der Waals surface area (Å²) in [7, 11) is 1.89. The van der Waals surface area contributed by atoms with E-state index in [4.69, 9.17) is 9.47 Å². The van der Waals surface area contributed by atoms with E-state index in [0.29, 0.717) is 12.5 Å². The van der Waals surface area contributed by atoms with Gasteiger partial charge in [0.15, 0.2) is 16.7 Å². The molecule has 4 rings (SSSR count). The smallest absolute Gasteiger partial charge is 0.233 e. The summed E-state index contributed by atoms with van der Waals surface area (Å²) in [5.41, 5.74) is 1.29. The van der Waals surface area contributed by atoms with Crippen LogP contribution < -0.4 is 9.47 Å². The standard InChI is InChI=1S/C19H24N4O3S/c1-19(9-14-4-5-15-16(8-14)26-13-25-15)6-3-7-23(11-19)17(24)10-27-18-21-20-12-22(18)2/h4-5,8,12H,3,6-7,9-11,13H2,1-2H3. The van der Waals surface area contributed by atoms with Crippen molar-refractivity contribution in [2.75, 3.05) is 25.6 Å². The summed E-state index contributed by atoms with van der Waals surface area (Å²) in [5.74, 6) is 2.19. The minimum Gasteiger partial charge on any atom is -0.454 e. The van der Waals surface area contributed by atoms with Gasteiger partial charge in [-0.05, 0) is 42.4 Å². The molecule has 2 aliphatic rings. The number of carbonyl (C=O) groups excluding carboxylic acids is 1. The van der Waals surface area contributed by atoms with Crippen LogP contribution in [0.4, 0.5) is 0 Å². The van der Waals surface area contributed by atoms with Crippen molar-refractivity contribution < 1.29 is 14.3 Å². The van der Waals surface area contributed by atoms with Crippen molar-refractivity contribution in [3.8, 4) is 11.5 Å². The largest absolute Gasteiger partial charge is 0.454 e. The lowest BCUT2D eigenvalue weighted by Gasteiger charge is -2.40. The van der Waals surface area contributed by atoms with E-state index >= 15 is 0 Å². The maximum atomic E-state index is 12.7. The number of nitrogens with zero attached hydrogens (tertiary/aromatic N) is 4. The molecule has 0 bridgehead atoms. The molecule has 144 valence electrons. The highest BCUT2D eigenvalue weighted by Crippen LogP contribution is 2.37. The van der Waals surface area contributed by atoms with Crippen LogP contribution in [0.15, 0.2) is 29.7 Å². The number of piperidine rings is 1. The van der Waals surface area contributed by atoms with E-state index < -0.39 is 0 Å². The van der Waals surface area contributed by atoms with Gasteiger partial charge in [-0.1, -0.05) is 24.8 Å². The lowest BCUT2D eigenvalue weighted by Crippen LogP contribution is -2.46. The summed E-state index contributed by atoms with van der Waals surface area (Å²) in [5, 5.41) is 8.65. The maximum absolute atomic E-state index is 12.7. The predicted molar refractivity (Wildman–Crippen MR) is 102 cm³/mol. The molecule has 0 aliphatic carbocycles. The van der Waals surface area contributed by atoms with E-state index in [-0.39, 0.29) is 11.3 Å². The number of fused-ring (bicyclic) bond motifs is 1. The topological polar surface area (TPSA) is 69.5 Å². The molecule has 1 amide bonds. The van der Waals surface area contributed by atoms with Crippen LogP contribution in [-0.4, -0.2) is 51.2 Å². The summed E-state index contributed by atoms with van der Waals surface area (Å²) in [4.78, 5) is 14.7. The second-order valence-corrected chi connectivity index (χ2v) is 8.55. The maximum Gasteiger partial charge on any atom is 0.233 e. The number of hydrogen-bond acceptors (Lipinski definition) is 6. The van der Waals surface area contributed by atoms with E-state index in [1.807, 2.05) is 22.6 Å². The monoisotopic (exact) mass is 388 g/mol. The molecule has 1 saturated heterocycles. The van der Waals surface area contributed by atoms with Gasteiger partial charge in [0.1, 0.15) is 6.33 Å². The van der Waals surface area contributed by atoms with Gasteiger partial charge in [0.2, 0.25) is 12.7 Å². The molecule has 8 heteroatoms. The highest BCUT2D eigenvalue weighted by atomic mass is 32.2. The summed E-state index contributed by atoms with van der Waals surface area (Å²) in [6, 6.07) is 6.14. The zero-order chi connectivity index (χ0) is 18.9. The van der Waals surface area contributed by atoms with Gasteiger partial charge in [-0.25, -0.2) is 0 Å². The summed E-state index contributed by atoms with van der Waals surface area (Å²) >= 11 is 1.44. The fraction of sp³-hybridized carbons (Fsp3) is 0.526. The van der Waals surface area contributed by atoms with Gasteiger partial charge >= 0.3 is 0 Å². The molecule has 3 heterocycles. The Kier molecular flexibility index (Phi) is 4.99. The van der Waals surface area contributed by atoms with Crippen molar-refractivity contribution in [1.82, 2.24) is 19.7 Å². The Morgan fingerprint density at radius 1 is 1.33 bits per heavy atom. The number of aryl methyl sites for hydroxylation is 1. The number of carbonyl (C=O) groups is 1. The van der Waals surface area contributed by atoms with Gasteiger partial charge in [-0.15, -0.1) is 10.2 Å². The lowest BCUT2D eigenvalue weighted by molar-refractivity contribution is -0.131. The Labute approximate surface area is 163 Å². The van der Waals surface area contributed by atoms with Crippen molar-refractivity contribution in [2.24, 2.45) is 12.5 Å². The summed E-state index contributed by atoms with van der Waals surface area (Å²) in [6.07, 6.45) is 4.71. The quantitative estimate of drug-likeness (QED) is 0.733. The van der Waals surface area contributed by atoms with Crippen LogP contribution in [0.2, 0.25) is 0 Å². The zero-order valence-corrected chi connectivity index (χ0v) is 16.5. The second kappa shape index (κ2) is 7.42. The Bertz CT molecular complexity index is 840. The number of ether oxygens (including phenoxy) is 2. The van der Waals surface area contributed by atoms with Gasteiger partial charge in [0.25, 0.3) is 0 Å². The average Bonchev–Trinajstić information content (AvgIpc) is 3.27. The molecule has 0 radical (unpaired) electrons.